The maximum atomic E-state index is 11.7. The van der Waals surface area contributed by atoms with Gasteiger partial charge >= 0.3 is 0 Å². The summed E-state index contributed by atoms with van der Waals surface area (Å²) >= 11 is 0. The summed E-state index contributed by atoms with van der Waals surface area (Å²) in [5.41, 5.74) is 0.968. The number of amides is 2. The molecule has 0 aliphatic heterocycles. The van der Waals surface area contributed by atoms with Crippen LogP contribution in [0.1, 0.15) is 16.2 Å². The first-order valence-electron chi connectivity index (χ1n) is 5.29. The van der Waals surface area contributed by atoms with Crippen molar-refractivity contribution in [2.24, 2.45) is 0 Å². The summed E-state index contributed by atoms with van der Waals surface area (Å²) in [7, 11) is 6.72. The predicted octanol–water partition coefficient (Wildman–Crippen LogP) is 0.414. The van der Waals surface area contributed by atoms with Gasteiger partial charge in [0.1, 0.15) is 5.69 Å². The molecule has 1 aromatic rings. The van der Waals surface area contributed by atoms with Crippen molar-refractivity contribution in [1.29, 1.82) is 0 Å². The first-order valence-corrected chi connectivity index (χ1v) is 5.29. The van der Waals surface area contributed by atoms with E-state index >= 15 is 0 Å². The van der Waals surface area contributed by atoms with E-state index in [4.69, 9.17) is 0 Å². The molecule has 0 bridgehead atoms. The van der Waals surface area contributed by atoms with Gasteiger partial charge in [0, 0.05) is 28.2 Å². The molecule has 0 spiro atoms. The quantitative estimate of drug-likeness (QED) is 0.762. The van der Waals surface area contributed by atoms with Crippen molar-refractivity contribution in [2.45, 2.75) is 6.42 Å². The summed E-state index contributed by atoms with van der Waals surface area (Å²) in [6, 6.07) is 5.13. The van der Waals surface area contributed by atoms with Crippen molar-refractivity contribution in [3.63, 3.8) is 0 Å². The summed E-state index contributed by atoms with van der Waals surface area (Å²) < 4.78 is 0. The van der Waals surface area contributed by atoms with Crippen LogP contribution in [0.4, 0.5) is 0 Å². The molecular formula is C12H17N3O2. The smallest absolute Gasteiger partial charge is 0.271 e. The molecule has 0 aliphatic rings. The molecule has 17 heavy (non-hydrogen) atoms. The minimum Gasteiger partial charge on any atom is -0.348 e. The van der Waals surface area contributed by atoms with Crippen LogP contribution in [0.2, 0.25) is 0 Å². The Morgan fingerprint density at radius 1 is 1.12 bits per heavy atom. The second-order valence-electron chi connectivity index (χ2n) is 4.18. The molecule has 1 heterocycles. The molecule has 0 saturated heterocycles. The van der Waals surface area contributed by atoms with E-state index < -0.39 is 0 Å². The van der Waals surface area contributed by atoms with Crippen molar-refractivity contribution in [1.82, 2.24) is 14.8 Å². The van der Waals surface area contributed by atoms with Crippen LogP contribution in [0.3, 0.4) is 0 Å². The van der Waals surface area contributed by atoms with Crippen LogP contribution in [0, 0.1) is 0 Å². The molecule has 1 aromatic heterocycles. The molecule has 0 atom stereocenters. The van der Waals surface area contributed by atoms with Gasteiger partial charge in [-0.05, 0) is 12.1 Å². The summed E-state index contributed by atoms with van der Waals surface area (Å²) in [6.07, 6.45) is 0.210. The lowest BCUT2D eigenvalue weighted by atomic mass is 10.2. The minimum atomic E-state index is -0.163. The number of aromatic nitrogens is 1. The Hall–Kier alpha value is -1.91. The summed E-state index contributed by atoms with van der Waals surface area (Å²) in [6.45, 7) is 0. The zero-order valence-corrected chi connectivity index (χ0v) is 10.6. The lowest BCUT2D eigenvalue weighted by molar-refractivity contribution is -0.128. The number of hydrogen-bond acceptors (Lipinski definition) is 3. The normalized spacial score (nSPS) is 9.88. The second kappa shape index (κ2) is 5.43. The molecule has 2 amide bonds. The van der Waals surface area contributed by atoms with Crippen LogP contribution >= 0.6 is 0 Å². The van der Waals surface area contributed by atoms with Gasteiger partial charge in [-0.15, -0.1) is 0 Å². The molecule has 0 aliphatic carbocycles. The average molecular weight is 235 g/mol. The Kier molecular flexibility index (Phi) is 4.20. The largest absolute Gasteiger partial charge is 0.348 e. The first kappa shape index (κ1) is 13.2. The molecule has 0 radical (unpaired) electrons. The fraction of sp³-hybridized carbons (Fsp3) is 0.417. The van der Waals surface area contributed by atoms with Crippen molar-refractivity contribution < 1.29 is 9.59 Å². The second-order valence-corrected chi connectivity index (χ2v) is 4.18. The van der Waals surface area contributed by atoms with Gasteiger partial charge in [-0.3, -0.25) is 9.59 Å². The average Bonchev–Trinajstić information content (AvgIpc) is 2.28. The van der Waals surface area contributed by atoms with E-state index in [1.807, 2.05) is 0 Å². The fourth-order valence-corrected chi connectivity index (χ4v) is 1.24. The van der Waals surface area contributed by atoms with Gasteiger partial charge in [-0.1, -0.05) is 6.07 Å². The summed E-state index contributed by atoms with van der Waals surface area (Å²) in [4.78, 5) is 30.3. The van der Waals surface area contributed by atoms with E-state index in [-0.39, 0.29) is 18.2 Å². The van der Waals surface area contributed by atoms with E-state index in [2.05, 4.69) is 4.98 Å². The molecule has 1 rings (SSSR count). The van der Waals surface area contributed by atoms with Gasteiger partial charge in [0.05, 0.1) is 12.1 Å². The number of rotatable bonds is 3. The number of carbonyl (C=O) groups excluding carboxylic acids is 2. The van der Waals surface area contributed by atoms with Crippen LogP contribution in [0.25, 0.3) is 0 Å². The van der Waals surface area contributed by atoms with E-state index in [0.717, 1.165) is 0 Å². The third-order valence-electron chi connectivity index (χ3n) is 2.26. The van der Waals surface area contributed by atoms with E-state index in [0.29, 0.717) is 11.4 Å². The maximum Gasteiger partial charge on any atom is 0.271 e. The highest BCUT2D eigenvalue weighted by Gasteiger charge is 2.12. The Morgan fingerprint density at radius 2 is 1.76 bits per heavy atom. The van der Waals surface area contributed by atoms with Gasteiger partial charge < -0.3 is 9.80 Å². The molecule has 5 heteroatoms. The Morgan fingerprint density at radius 3 is 2.29 bits per heavy atom. The van der Waals surface area contributed by atoms with Gasteiger partial charge in [0.2, 0.25) is 5.91 Å². The Balaban J connectivity index is 2.86. The van der Waals surface area contributed by atoms with Crippen LogP contribution in [-0.4, -0.2) is 54.8 Å². The van der Waals surface area contributed by atoms with Gasteiger partial charge in [-0.2, -0.15) is 0 Å². The SMILES string of the molecule is CN(C)C(=O)Cc1cccc(C(=O)N(C)C)n1. The van der Waals surface area contributed by atoms with Crippen molar-refractivity contribution >= 4 is 11.8 Å². The Labute approximate surface area is 101 Å². The van der Waals surface area contributed by atoms with Crippen molar-refractivity contribution in [3.8, 4) is 0 Å². The number of carbonyl (C=O) groups is 2. The van der Waals surface area contributed by atoms with E-state index in [1.54, 1.807) is 46.4 Å². The van der Waals surface area contributed by atoms with Crippen LogP contribution < -0.4 is 0 Å². The minimum absolute atomic E-state index is 0.0352. The molecular weight excluding hydrogens is 218 g/mol. The molecule has 0 unspecified atom stereocenters. The van der Waals surface area contributed by atoms with E-state index in [1.165, 1.54) is 9.80 Å². The number of likely N-dealkylation sites (N-methyl/N-ethyl adjacent to an activating group) is 1. The third kappa shape index (κ3) is 3.55. The zero-order chi connectivity index (χ0) is 13.0. The fourth-order valence-electron chi connectivity index (χ4n) is 1.24. The highest BCUT2D eigenvalue weighted by atomic mass is 16.2. The van der Waals surface area contributed by atoms with Crippen molar-refractivity contribution in [2.75, 3.05) is 28.2 Å². The highest BCUT2D eigenvalue weighted by molar-refractivity contribution is 5.92. The summed E-state index contributed by atoms with van der Waals surface area (Å²) in [5.74, 6) is -0.198. The lowest BCUT2D eigenvalue weighted by Crippen LogP contribution is -2.25. The number of pyridine rings is 1. The van der Waals surface area contributed by atoms with E-state index in [9.17, 15) is 9.59 Å². The number of hydrogen-bond donors (Lipinski definition) is 0. The van der Waals surface area contributed by atoms with Crippen molar-refractivity contribution in [3.05, 3.63) is 29.6 Å². The molecule has 5 nitrogen and oxygen atoms in total. The molecule has 92 valence electrons. The molecule has 0 N–H and O–H groups in total. The maximum absolute atomic E-state index is 11.7. The van der Waals surface area contributed by atoms with Gasteiger partial charge in [0.25, 0.3) is 5.91 Å². The van der Waals surface area contributed by atoms with Crippen LogP contribution in [-0.2, 0) is 11.2 Å². The predicted molar refractivity (Wildman–Crippen MR) is 64.7 cm³/mol. The number of nitrogens with zero attached hydrogens (tertiary/aromatic N) is 3. The molecule has 0 aromatic carbocycles. The zero-order valence-electron chi connectivity index (χ0n) is 10.6. The van der Waals surface area contributed by atoms with Gasteiger partial charge in [0.15, 0.2) is 0 Å². The third-order valence-corrected chi connectivity index (χ3v) is 2.26. The lowest BCUT2D eigenvalue weighted by Gasteiger charge is -2.12. The first-order chi connectivity index (χ1) is 7.91. The van der Waals surface area contributed by atoms with Crippen LogP contribution in [0.5, 0.6) is 0 Å². The standard InChI is InChI=1S/C12H17N3O2/c1-14(2)11(16)8-9-6-5-7-10(13-9)12(17)15(3)4/h5-7H,8H2,1-4H3. The highest BCUT2D eigenvalue weighted by Crippen LogP contribution is 2.03. The molecule has 0 fully saturated rings. The van der Waals surface area contributed by atoms with Crippen LogP contribution in [0.15, 0.2) is 18.2 Å². The Bertz CT molecular complexity index is 428. The summed E-state index contributed by atoms with van der Waals surface area (Å²) in [5, 5.41) is 0. The monoisotopic (exact) mass is 235 g/mol. The van der Waals surface area contributed by atoms with Gasteiger partial charge in [-0.25, -0.2) is 4.98 Å². The topological polar surface area (TPSA) is 53.5 Å². The molecule has 0 saturated carbocycles.